The maximum atomic E-state index is 12.5. The van der Waals surface area contributed by atoms with Gasteiger partial charge >= 0.3 is 0 Å². The van der Waals surface area contributed by atoms with Gasteiger partial charge in [0, 0.05) is 44.1 Å². The molecule has 2 aliphatic heterocycles. The van der Waals surface area contributed by atoms with Crippen LogP contribution in [0.3, 0.4) is 0 Å². The second-order valence-corrected chi connectivity index (χ2v) is 8.14. The molecular formula is C21H30N6O2. The van der Waals surface area contributed by atoms with Crippen LogP contribution >= 0.6 is 0 Å². The normalized spacial score (nSPS) is 21.0. The fourth-order valence-corrected chi connectivity index (χ4v) is 4.49. The van der Waals surface area contributed by atoms with Crippen molar-refractivity contribution in [1.82, 2.24) is 29.9 Å². The van der Waals surface area contributed by atoms with Crippen LogP contribution in [0.4, 0.5) is 0 Å². The molecule has 0 aliphatic carbocycles. The summed E-state index contributed by atoms with van der Waals surface area (Å²) in [6.07, 6.45) is 5.04. The minimum Gasteiger partial charge on any atom is -0.353 e. The summed E-state index contributed by atoms with van der Waals surface area (Å²) in [5.41, 5.74) is 1.85. The minimum absolute atomic E-state index is 0.0736. The molecule has 8 nitrogen and oxygen atoms in total. The van der Waals surface area contributed by atoms with Crippen molar-refractivity contribution in [2.24, 2.45) is 0 Å². The van der Waals surface area contributed by atoms with Crippen molar-refractivity contribution >= 4 is 22.8 Å². The molecule has 2 fully saturated rings. The Morgan fingerprint density at radius 1 is 1.28 bits per heavy atom. The molecule has 1 N–H and O–H groups in total. The van der Waals surface area contributed by atoms with Crippen LogP contribution in [0.1, 0.15) is 44.7 Å². The molecule has 2 aromatic rings. The van der Waals surface area contributed by atoms with Crippen LogP contribution in [-0.2, 0) is 16.1 Å². The van der Waals surface area contributed by atoms with Gasteiger partial charge in [0.25, 0.3) is 0 Å². The summed E-state index contributed by atoms with van der Waals surface area (Å²) >= 11 is 0. The number of aromatic nitrogens is 3. The quantitative estimate of drug-likeness (QED) is 0.795. The standard InChI is InChI=1S/C21H30N6O2/c1-15(25-10-3-4-11-25)21(29)23-9-13-27-20-18(6-5-8-22-20)19(24-27)17-7-12-26(14-17)16(2)28/h5-6,8,15,17H,3-4,7,9-14H2,1-2H3,(H,23,29)/t15-,17-/m0/s1. The lowest BCUT2D eigenvalue weighted by atomic mass is 10.0. The van der Waals surface area contributed by atoms with Gasteiger partial charge in [0.05, 0.1) is 18.3 Å². The van der Waals surface area contributed by atoms with Crippen molar-refractivity contribution in [2.45, 2.75) is 51.6 Å². The minimum atomic E-state index is -0.0865. The van der Waals surface area contributed by atoms with Crippen LogP contribution in [0.2, 0.25) is 0 Å². The maximum Gasteiger partial charge on any atom is 0.237 e. The number of hydrogen-bond acceptors (Lipinski definition) is 5. The van der Waals surface area contributed by atoms with Crippen LogP contribution in [0.5, 0.6) is 0 Å². The molecule has 2 atom stereocenters. The first kappa shape index (κ1) is 19.8. The van der Waals surface area contributed by atoms with Crippen LogP contribution in [-0.4, -0.2) is 75.1 Å². The lowest BCUT2D eigenvalue weighted by molar-refractivity contribution is -0.128. The summed E-state index contributed by atoms with van der Waals surface area (Å²) in [5.74, 6) is 0.422. The Morgan fingerprint density at radius 3 is 2.79 bits per heavy atom. The van der Waals surface area contributed by atoms with Crippen LogP contribution in [0.25, 0.3) is 11.0 Å². The van der Waals surface area contributed by atoms with Crippen molar-refractivity contribution in [3.63, 3.8) is 0 Å². The van der Waals surface area contributed by atoms with E-state index in [0.29, 0.717) is 19.6 Å². The molecule has 0 bridgehead atoms. The molecule has 156 valence electrons. The van der Waals surface area contributed by atoms with E-state index in [2.05, 4.69) is 15.2 Å². The maximum absolute atomic E-state index is 12.5. The third kappa shape index (κ3) is 4.12. The van der Waals surface area contributed by atoms with Crippen molar-refractivity contribution in [2.75, 3.05) is 32.7 Å². The van der Waals surface area contributed by atoms with Gasteiger partial charge < -0.3 is 10.2 Å². The molecule has 2 aliphatic rings. The van der Waals surface area contributed by atoms with Gasteiger partial charge in [-0.15, -0.1) is 0 Å². The van der Waals surface area contributed by atoms with E-state index in [1.54, 1.807) is 13.1 Å². The first-order valence-electron chi connectivity index (χ1n) is 10.6. The lowest BCUT2D eigenvalue weighted by Gasteiger charge is -2.22. The zero-order chi connectivity index (χ0) is 20.4. The highest BCUT2D eigenvalue weighted by atomic mass is 16.2. The van der Waals surface area contributed by atoms with E-state index < -0.39 is 0 Å². The molecule has 0 spiro atoms. The van der Waals surface area contributed by atoms with Gasteiger partial charge in [-0.1, -0.05) is 0 Å². The first-order chi connectivity index (χ1) is 14.0. The van der Waals surface area contributed by atoms with E-state index in [4.69, 9.17) is 5.10 Å². The zero-order valence-corrected chi connectivity index (χ0v) is 17.3. The van der Waals surface area contributed by atoms with E-state index in [9.17, 15) is 9.59 Å². The number of hydrogen-bond donors (Lipinski definition) is 1. The number of nitrogens with zero attached hydrogens (tertiary/aromatic N) is 5. The molecule has 2 saturated heterocycles. The first-order valence-corrected chi connectivity index (χ1v) is 10.6. The summed E-state index contributed by atoms with van der Waals surface area (Å²) < 4.78 is 1.89. The third-order valence-corrected chi connectivity index (χ3v) is 6.25. The van der Waals surface area contributed by atoms with Gasteiger partial charge in [-0.25, -0.2) is 9.67 Å². The number of pyridine rings is 1. The Hall–Kier alpha value is -2.48. The van der Waals surface area contributed by atoms with Crippen LogP contribution in [0.15, 0.2) is 18.3 Å². The molecular weight excluding hydrogens is 368 g/mol. The molecule has 0 radical (unpaired) electrons. The van der Waals surface area contributed by atoms with Gasteiger partial charge in [0.1, 0.15) is 0 Å². The average Bonchev–Trinajstić information content (AvgIpc) is 3.47. The number of amides is 2. The van der Waals surface area contributed by atoms with Crippen LogP contribution < -0.4 is 5.32 Å². The largest absolute Gasteiger partial charge is 0.353 e. The van der Waals surface area contributed by atoms with E-state index in [1.165, 1.54) is 12.8 Å². The van der Waals surface area contributed by atoms with Crippen LogP contribution in [0, 0.1) is 0 Å². The molecule has 0 aromatic carbocycles. The van der Waals surface area contributed by atoms with Crippen molar-refractivity contribution in [3.05, 3.63) is 24.0 Å². The monoisotopic (exact) mass is 398 g/mol. The summed E-state index contributed by atoms with van der Waals surface area (Å²) in [5, 5.41) is 8.93. The summed E-state index contributed by atoms with van der Waals surface area (Å²) in [7, 11) is 0. The SMILES string of the molecule is CC(=O)N1CC[C@H](c2nn(CCNC(=O)[C@H](C)N3CCCC3)c3ncccc23)C1. The van der Waals surface area contributed by atoms with E-state index in [-0.39, 0.29) is 23.8 Å². The van der Waals surface area contributed by atoms with E-state index >= 15 is 0 Å². The number of rotatable bonds is 6. The molecule has 0 unspecified atom stereocenters. The summed E-state index contributed by atoms with van der Waals surface area (Å²) in [6, 6.07) is 3.89. The molecule has 2 aromatic heterocycles. The fourth-order valence-electron chi connectivity index (χ4n) is 4.49. The number of carbonyl (C=O) groups is 2. The van der Waals surface area contributed by atoms with Gasteiger partial charge in [-0.2, -0.15) is 5.10 Å². The highest BCUT2D eigenvalue weighted by Crippen LogP contribution is 2.31. The lowest BCUT2D eigenvalue weighted by Crippen LogP contribution is -2.44. The topological polar surface area (TPSA) is 83.4 Å². The Bertz CT molecular complexity index is 888. The second-order valence-electron chi connectivity index (χ2n) is 8.14. The third-order valence-electron chi connectivity index (χ3n) is 6.25. The fraction of sp³-hybridized carbons (Fsp3) is 0.619. The van der Waals surface area contributed by atoms with E-state index in [1.807, 2.05) is 28.6 Å². The Morgan fingerprint density at radius 2 is 2.07 bits per heavy atom. The number of fused-ring (bicyclic) bond motifs is 1. The van der Waals surface area contributed by atoms with Crippen molar-refractivity contribution in [3.8, 4) is 0 Å². The van der Waals surface area contributed by atoms with Gasteiger partial charge in [0.2, 0.25) is 11.8 Å². The highest BCUT2D eigenvalue weighted by Gasteiger charge is 2.29. The Kier molecular flexibility index (Phi) is 5.80. The smallest absolute Gasteiger partial charge is 0.237 e. The number of carbonyl (C=O) groups excluding carboxylic acids is 2. The van der Waals surface area contributed by atoms with Crippen molar-refractivity contribution < 1.29 is 9.59 Å². The predicted molar refractivity (Wildman–Crippen MR) is 110 cm³/mol. The molecule has 4 rings (SSSR count). The Balaban J connectivity index is 1.43. The van der Waals surface area contributed by atoms with Gasteiger partial charge in [-0.3, -0.25) is 14.5 Å². The molecule has 4 heterocycles. The average molecular weight is 399 g/mol. The Labute approximate surface area is 171 Å². The van der Waals surface area contributed by atoms with E-state index in [0.717, 1.165) is 42.8 Å². The molecule has 8 heteroatoms. The molecule has 0 saturated carbocycles. The highest BCUT2D eigenvalue weighted by molar-refractivity contribution is 5.81. The summed E-state index contributed by atoms with van der Waals surface area (Å²) in [4.78, 5) is 32.8. The number of likely N-dealkylation sites (tertiary alicyclic amines) is 2. The van der Waals surface area contributed by atoms with Gasteiger partial charge in [0.15, 0.2) is 5.65 Å². The zero-order valence-electron chi connectivity index (χ0n) is 17.3. The van der Waals surface area contributed by atoms with Crippen molar-refractivity contribution in [1.29, 1.82) is 0 Å². The predicted octanol–water partition coefficient (Wildman–Crippen LogP) is 1.37. The van der Waals surface area contributed by atoms with Gasteiger partial charge in [-0.05, 0) is 51.4 Å². The second kappa shape index (κ2) is 8.49. The molecule has 2 amide bonds. The number of nitrogens with one attached hydrogen (secondary N) is 1. The molecule has 29 heavy (non-hydrogen) atoms. The summed E-state index contributed by atoms with van der Waals surface area (Å²) in [6.45, 7) is 8.19.